The summed E-state index contributed by atoms with van der Waals surface area (Å²) in [6.45, 7) is 21.7. The number of aliphatic carboxylic acids is 1. The number of esters is 2. The highest BCUT2D eigenvalue weighted by Gasteiger charge is 2.71. The smallest absolute Gasteiger partial charge is 0.330 e. The molecule has 4 fully saturated rings. The zero-order valence-corrected chi connectivity index (χ0v) is 28.4. The summed E-state index contributed by atoms with van der Waals surface area (Å²) in [5.41, 5.74) is 0.782. The third kappa shape index (κ3) is 4.66. The van der Waals surface area contributed by atoms with E-state index >= 15 is 0 Å². The fourth-order valence-corrected chi connectivity index (χ4v) is 11.7. The third-order valence-corrected chi connectivity index (χ3v) is 13.9. The van der Waals surface area contributed by atoms with Crippen LogP contribution >= 0.6 is 0 Å². The van der Waals surface area contributed by atoms with E-state index in [1.807, 2.05) is 13.8 Å². The third-order valence-electron chi connectivity index (χ3n) is 13.9. The van der Waals surface area contributed by atoms with E-state index in [-0.39, 0.29) is 45.1 Å². The molecule has 4 saturated carbocycles. The molecule has 6 heteroatoms. The van der Waals surface area contributed by atoms with Crippen LogP contribution in [0.1, 0.15) is 127 Å². The van der Waals surface area contributed by atoms with E-state index in [0.717, 1.165) is 50.5 Å². The standard InChI is InChI=1S/C37H56O6/c1-22(2)19-30(39)43-29-21-32(4,5)20-25-24-11-12-27-34(8)15-14-28(42-23(3)38)33(6,7)26(34)13-16-36(27,10)35(24,9)17-18-37(25,29)31(40)41/h11,19,25-29H,12-18,20-21H2,1-10H3,(H,40,41)/t25-,26-,27+,28-,29+,34-,35+,36+,37-/m0/s1. The van der Waals surface area contributed by atoms with E-state index in [0.29, 0.717) is 24.7 Å². The van der Waals surface area contributed by atoms with Crippen LogP contribution < -0.4 is 0 Å². The van der Waals surface area contributed by atoms with Crippen LogP contribution in [0.5, 0.6) is 0 Å². The number of rotatable bonds is 4. The Morgan fingerprint density at radius 3 is 2.12 bits per heavy atom. The van der Waals surface area contributed by atoms with Crippen LogP contribution in [0.15, 0.2) is 23.3 Å². The Hall–Kier alpha value is -2.11. The lowest BCUT2D eigenvalue weighted by molar-refractivity contribution is -0.219. The highest BCUT2D eigenvalue weighted by atomic mass is 16.5. The fourth-order valence-electron chi connectivity index (χ4n) is 11.7. The lowest BCUT2D eigenvalue weighted by Crippen LogP contribution is -2.67. The molecular weight excluding hydrogens is 540 g/mol. The molecule has 0 aromatic rings. The molecule has 0 radical (unpaired) electrons. The van der Waals surface area contributed by atoms with Crippen LogP contribution in [0.3, 0.4) is 0 Å². The van der Waals surface area contributed by atoms with E-state index in [9.17, 15) is 19.5 Å². The van der Waals surface area contributed by atoms with Gasteiger partial charge in [0.15, 0.2) is 0 Å². The SMILES string of the molecule is CC(=O)O[C@H]1CC[C@]2(C)[C@H]3CC=C4[C@@H]5CC(C)(C)C[C@@H](OC(=O)C=C(C)C)[C@]5(C(=O)O)CC[C@@]4(C)[C@]3(C)CC[C@H]2C1(C)C. The molecule has 0 unspecified atom stereocenters. The quantitative estimate of drug-likeness (QED) is 0.199. The van der Waals surface area contributed by atoms with Gasteiger partial charge in [0, 0.05) is 24.3 Å². The van der Waals surface area contributed by atoms with Gasteiger partial charge >= 0.3 is 17.9 Å². The molecule has 9 atom stereocenters. The number of allylic oxidation sites excluding steroid dienone is 3. The van der Waals surface area contributed by atoms with Gasteiger partial charge in [0.25, 0.3) is 0 Å². The Morgan fingerprint density at radius 2 is 1.51 bits per heavy atom. The topological polar surface area (TPSA) is 89.9 Å². The first-order chi connectivity index (χ1) is 19.7. The predicted octanol–water partition coefficient (Wildman–Crippen LogP) is 8.29. The predicted molar refractivity (Wildman–Crippen MR) is 167 cm³/mol. The molecule has 6 nitrogen and oxygen atoms in total. The monoisotopic (exact) mass is 596 g/mol. The molecule has 0 aromatic carbocycles. The molecule has 0 spiro atoms. The van der Waals surface area contributed by atoms with Crippen LogP contribution in [0, 0.1) is 50.2 Å². The van der Waals surface area contributed by atoms with E-state index in [1.165, 1.54) is 18.6 Å². The van der Waals surface area contributed by atoms with Crippen LogP contribution in [0.25, 0.3) is 0 Å². The zero-order chi connectivity index (χ0) is 32.0. The van der Waals surface area contributed by atoms with Crippen LogP contribution in [0.2, 0.25) is 0 Å². The first kappa shape index (κ1) is 32.3. The Morgan fingerprint density at radius 1 is 0.837 bits per heavy atom. The summed E-state index contributed by atoms with van der Waals surface area (Å²) in [5.74, 6) is -0.701. The first-order valence-corrected chi connectivity index (χ1v) is 16.7. The molecule has 0 amide bonds. The fraction of sp³-hybridized carbons (Fsp3) is 0.811. The van der Waals surface area contributed by atoms with Crippen molar-refractivity contribution in [3.63, 3.8) is 0 Å². The molecule has 240 valence electrons. The van der Waals surface area contributed by atoms with Crippen molar-refractivity contribution in [1.82, 2.24) is 0 Å². The van der Waals surface area contributed by atoms with Gasteiger partial charge in [0.05, 0.1) is 0 Å². The maximum Gasteiger partial charge on any atom is 0.330 e. The second-order valence-corrected chi connectivity index (χ2v) is 17.4. The van der Waals surface area contributed by atoms with Gasteiger partial charge < -0.3 is 14.6 Å². The van der Waals surface area contributed by atoms with E-state index < -0.39 is 23.5 Å². The Bertz CT molecular complexity index is 1250. The molecule has 1 N–H and O–H groups in total. The number of carboxylic acids is 1. The lowest BCUT2D eigenvalue weighted by atomic mass is 9.33. The van der Waals surface area contributed by atoms with Gasteiger partial charge in [-0.2, -0.15) is 0 Å². The molecular formula is C37H56O6. The normalized spacial score (nSPS) is 44.2. The molecule has 0 saturated heterocycles. The van der Waals surface area contributed by atoms with Crippen LogP contribution in [0.4, 0.5) is 0 Å². The van der Waals surface area contributed by atoms with Gasteiger partial charge in [-0.25, -0.2) is 4.79 Å². The van der Waals surface area contributed by atoms with E-state index in [4.69, 9.17) is 9.47 Å². The zero-order valence-electron chi connectivity index (χ0n) is 28.4. The summed E-state index contributed by atoms with van der Waals surface area (Å²) in [6.07, 6.45) is 10.9. The number of carboxylic acid groups (broad SMARTS) is 1. The van der Waals surface area contributed by atoms with Crippen LogP contribution in [-0.2, 0) is 23.9 Å². The highest BCUT2D eigenvalue weighted by molar-refractivity contribution is 5.84. The second kappa shape index (κ2) is 10.2. The summed E-state index contributed by atoms with van der Waals surface area (Å²) in [7, 11) is 0. The molecule has 5 aliphatic rings. The Kier molecular flexibility index (Phi) is 7.66. The second-order valence-electron chi connectivity index (χ2n) is 17.4. The number of carbonyl (C=O) groups is 3. The number of hydrogen-bond acceptors (Lipinski definition) is 5. The molecule has 5 rings (SSSR count). The molecule has 5 aliphatic carbocycles. The van der Waals surface area contributed by atoms with Gasteiger partial charge in [-0.15, -0.1) is 0 Å². The van der Waals surface area contributed by atoms with Crippen molar-refractivity contribution in [2.24, 2.45) is 50.2 Å². The van der Waals surface area contributed by atoms with Crippen molar-refractivity contribution in [1.29, 1.82) is 0 Å². The summed E-state index contributed by atoms with van der Waals surface area (Å²) in [5, 5.41) is 11.0. The Labute approximate surface area is 259 Å². The minimum atomic E-state index is -1.11. The van der Waals surface area contributed by atoms with E-state index in [2.05, 4.69) is 54.5 Å². The molecule has 0 aromatic heterocycles. The van der Waals surface area contributed by atoms with Crippen molar-refractivity contribution >= 4 is 17.9 Å². The van der Waals surface area contributed by atoms with Crippen molar-refractivity contribution in [2.45, 2.75) is 139 Å². The first-order valence-electron chi connectivity index (χ1n) is 16.7. The molecule has 0 aliphatic heterocycles. The minimum absolute atomic E-state index is 0.0210. The molecule has 0 bridgehead atoms. The summed E-state index contributed by atoms with van der Waals surface area (Å²) in [6, 6.07) is 0. The average molecular weight is 597 g/mol. The highest BCUT2D eigenvalue weighted by Crippen LogP contribution is 2.76. The van der Waals surface area contributed by atoms with Crippen molar-refractivity contribution in [2.75, 3.05) is 0 Å². The summed E-state index contributed by atoms with van der Waals surface area (Å²) in [4.78, 5) is 38.3. The summed E-state index contributed by atoms with van der Waals surface area (Å²) >= 11 is 0. The Balaban J connectivity index is 1.56. The van der Waals surface area contributed by atoms with Crippen molar-refractivity contribution < 1.29 is 29.0 Å². The van der Waals surface area contributed by atoms with Gasteiger partial charge in [-0.3, -0.25) is 9.59 Å². The maximum atomic E-state index is 13.4. The van der Waals surface area contributed by atoms with Gasteiger partial charge in [0.1, 0.15) is 17.6 Å². The van der Waals surface area contributed by atoms with E-state index in [1.54, 1.807) is 0 Å². The molecule has 0 heterocycles. The van der Waals surface area contributed by atoms with Gasteiger partial charge in [-0.1, -0.05) is 65.7 Å². The minimum Gasteiger partial charge on any atom is -0.481 e. The van der Waals surface area contributed by atoms with Crippen LogP contribution in [-0.4, -0.2) is 35.2 Å². The average Bonchev–Trinajstić information content (AvgIpc) is 2.84. The lowest BCUT2D eigenvalue weighted by Gasteiger charge is -2.71. The summed E-state index contributed by atoms with van der Waals surface area (Å²) < 4.78 is 12.0. The van der Waals surface area contributed by atoms with Crippen molar-refractivity contribution in [3.8, 4) is 0 Å². The number of hydrogen-bond donors (Lipinski definition) is 1. The maximum absolute atomic E-state index is 13.4. The van der Waals surface area contributed by atoms with Gasteiger partial charge in [0.2, 0.25) is 0 Å². The largest absolute Gasteiger partial charge is 0.481 e. The van der Waals surface area contributed by atoms with Gasteiger partial charge in [-0.05, 0) is 105 Å². The number of ether oxygens (including phenoxy) is 2. The number of carbonyl (C=O) groups excluding carboxylic acids is 2. The molecule has 43 heavy (non-hydrogen) atoms. The number of fused-ring (bicyclic) bond motifs is 7. The van der Waals surface area contributed by atoms with Crippen molar-refractivity contribution in [3.05, 3.63) is 23.3 Å².